The van der Waals surface area contributed by atoms with E-state index in [0.717, 1.165) is 16.0 Å². The Morgan fingerprint density at radius 1 is 1.41 bits per heavy atom. The Labute approximate surface area is 106 Å². The number of hydrogen-bond donors (Lipinski definition) is 2. The number of nitrogens with zero attached hydrogens (tertiary/aromatic N) is 4. The van der Waals surface area contributed by atoms with Gasteiger partial charge in [-0.3, -0.25) is 5.10 Å². The van der Waals surface area contributed by atoms with Crippen molar-refractivity contribution in [3.63, 3.8) is 0 Å². The van der Waals surface area contributed by atoms with Gasteiger partial charge in [0, 0.05) is 13.0 Å². The third-order valence-electron chi connectivity index (χ3n) is 2.70. The maximum atomic E-state index is 4.55. The third kappa shape index (κ3) is 1.90. The average Bonchev–Trinajstić information content (AvgIpc) is 3.04. The van der Waals surface area contributed by atoms with E-state index in [1.54, 1.807) is 0 Å². The second-order valence-electron chi connectivity index (χ2n) is 3.95. The number of nitrogens with one attached hydrogen (secondary N) is 2. The van der Waals surface area contributed by atoms with E-state index in [0.29, 0.717) is 17.6 Å². The summed E-state index contributed by atoms with van der Waals surface area (Å²) >= 11 is 3.55. The molecule has 2 N–H and O–H groups in total. The largest absolute Gasteiger partial charge is 0.372 e. The monoisotopic (exact) mass is 294 g/mol. The Morgan fingerprint density at radius 2 is 2.24 bits per heavy atom. The lowest BCUT2D eigenvalue weighted by molar-refractivity contribution is 0.964. The van der Waals surface area contributed by atoms with Crippen LogP contribution in [0.15, 0.2) is 10.8 Å². The van der Waals surface area contributed by atoms with Crippen molar-refractivity contribution >= 4 is 21.7 Å². The highest BCUT2D eigenvalue weighted by molar-refractivity contribution is 9.10. The summed E-state index contributed by atoms with van der Waals surface area (Å²) in [6, 6.07) is 0. The summed E-state index contributed by atoms with van der Waals surface area (Å²) in [5.41, 5.74) is 1.05. The van der Waals surface area contributed by atoms with Gasteiger partial charge in [-0.1, -0.05) is 0 Å². The third-order valence-corrected chi connectivity index (χ3v) is 3.49. The van der Waals surface area contributed by atoms with E-state index in [2.05, 4.69) is 46.4 Å². The molecule has 0 bridgehead atoms. The molecule has 88 valence electrons. The molecule has 0 aliphatic heterocycles. The minimum absolute atomic E-state index is 0.543. The van der Waals surface area contributed by atoms with Crippen molar-refractivity contribution in [2.75, 3.05) is 12.4 Å². The quantitative estimate of drug-likeness (QED) is 0.904. The van der Waals surface area contributed by atoms with Crippen LogP contribution in [-0.4, -0.2) is 32.2 Å². The summed E-state index contributed by atoms with van der Waals surface area (Å²) in [6.07, 6.45) is 3.83. The van der Waals surface area contributed by atoms with Crippen molar-refractivity contribution < 1.29 is 0 Å². The smallest absolute Gasteiger partial charge is 0.199 e. The molecule has 1 saturated carbocycles. The summed E-state index contributed by atoms with van der Waals surface area (Å²) in [5.74, 6) is 2.50. The molecule has 2 heterocycles. The van der Waals surface area contributed by atoms with Gasteiger partial charge in [-0.25, -0.2) is 15.0 Å². The molecule has 6 nitrogen and oxygen atoms in total. The number of rotatable bonds is 3. The first-order chi connectivity index (χ1) is 8.29. The molecule has 2 aromatic heterocycles. The lowest BCUT2D eigenvalue weighted by Crippen LogP contribution is -2.03. The molecule has 17 heavy (non-hydrogen) atoms. The molecule has 1 aliphatic carbocycles. The second kappa shape index (κ2) is 4.06. The van der Waals surface area contributed by atoms with E-state index in [-0.39, 0.29) is 0 Å². The van der Waals surface area contributed by atoms with Gasteiger partial charge in [0.05, 0.1) is 10.2 Å². The van der Waals surface area contributed by atoms with Gasteiger partial charge in [0.25, 0.3) is 0 Å². The van der Waals surface area contributed by atoms with Crippen LogP contribution in [0.1, 0.15) is 24.5 Å². The predicted molar refractivity (Wildman–Crippen MR) is 66.6 cm³/mol. The highest BCUT2D eigenvalue weighted by Crippen LogP contribution is 2.44. The molecule has 0 amide bonds. The van der Waals surface area contributed by atoms with Crippen molar-refractivity contribution in [3.8, 4) is 11.6 Å². The predicted octanol–water partition coefficient (Wildman–Crippen LogP) is 1.94. The Hall–Kier alpha value is -1.50. The van der Waals surface area contributed by atoms with Crippen LogP contribution in [0.3, 0.4) is 0 Å². The minimum atomic E-state index is 0.543. The van der Waals surface area contributed by atoms with Gasteiger partial charge in [0.2, 0.25) is 0 Å². The van der Waals surface area contributed by atoms with Crippen LogP contribution in [0.4, 0.5) is 5.82 Å². The number of halogens is 1. The zero-order valence-electron chi connectivity index (χ0n) is 9.24. The van der Waals surface area contributed by atoms with Gasteiger partial charge in [-0.05, 0) is 28.8 Å². The van der Waals surface area contributed by atoms with Gasteiger partial charge >= 0.3 is 0 Å². The number of hydrogen-bond acceptors (Lipinski definition) is 5. The second-order valence-corrected chi connectivity index (χ2v) is 4.75. The molecule has 0 spiro atoms. The van der Waals surface area contributed by atoms with Crippen LogP contribution in [-0.2, 0) is 0 Å². The Bertz CT molecular complexity index is 534. The molecule has 2 aromatic rings. The fourth-order valence-electron chi connectivity index (χ4n) is 1.68. The summed E-state index contributed by atoms with van der Waals surface area (Å²) in [6.45, 7) is 0. The normalized spacial score (nSPS) is 14.9. The van der Waals surface area contributed by atoms with E-state index in [9.17, 15) is 0 Å². The minimum Gasteiger partial charge on any atom is -0.372 e. The summed E-state index contributed by atoms with van der Waals surface area (Å²) in [5, 5.41) is 9.66. The Balaban J connectivity index is 2.13. The molecule has 1 aliphatic rings. The van der Waals surface area contributed by atoms with Crippen LogP contribution in [0.5, 0.6) is 0 Å². The van der Waals surface area contributed by atoms with E-state index in [1.807, 2.05) is 7.05 Å². The fourth-order valence-corrected chi connectivity index (χ4v) is 2.38. The lowest BCUT2D eigenvalue weighted by Gasteiger charge is -2.09. The van der Waals surface area contributed by atoms with E-state index in [4.69, 9.17) is 0 Å². The highest BCUT2D eigenvalue weighted by Gasteiger charge is 2.29. The Kier molecular flexibility index (Phi) is 2.54. The molecule has 0 unspecified atom stereocenters. The summed E-state index contributed by atoms with van der Waals surface area (Å²) in [7, 11) is 1.84. The van der Waals surface area contributed by atoms with Gasteiger partial charge in [0.1, 0.15) is 12.1 Å². The maximum Gasteiger partial charge on any atom is 0.199 e. The van der Waals surface area contributed by atoms with Crippen LogP contribution in [0.25, 0.3) is 11.6 Å². The van der Waals surface area contributed by atoms with Crippen molar-refractivity contribution in [2.45, 2.75) is 18.8 Å². The molecule has 1 fully saturated rings. The van der Waals surface area contributed by atoms with Gasteiger partial charge in [0.15, 0.2) is 11.6 Å². The molecule has 3 rings (SSSR count). The number of aromatic nitrogens is 5. The summed E-state index contributed by atoms with van der Waals surface area (Å²) < 4.78 is 0.950. The van der Waals surface area contributed by atoms with E-state index in [1.165, 1.54) is 19.2 Å². The highest BCUT2D eigenvalue weighted by atomic mass is 79.9. The molecular formula is C10H11BrN6. The van der Waals surface area contributed by atoms with Crippen molar-refractivity contribution in [1.29, 1.82) is 0 Å². The van der Waals surface area contributed by atoms with Crippen molar-refractivity contribution in [2.24, 2.45) is 0 Å². The van der Waals surface area contributed by atoms with Gasteiger partial charge in [-0.2, -0.15) is 5.10 Å². The number of H-pyrrole nitrogens is 1. The van der Waals surface area contributed by atoms with Crippen molar-refractivity contribution in [3.05, 3.63) is 16.5 Å². The first kappa shape index (κ1) is 10.6. The first-order valence-electron chi connectivity index (χ1n) is 5.40. The average molecular weight is 295 g/mol. The van der Waals surface area contributed by atoms with Crippen LogP contribution >= 0.6 is 15.9 Å². The molecular weight excluding hydrogens is 284 g/mol. The molecule has 0 aromatic carbocycles. The fraction of sp³-hybridized carbons (Fsp3) is 0.400. The van der Waals surface area contributed by atoms with Gasteiger partial charge < -0.3 is 5.32 Å². The van der Waals surface area contributed by atoms with Crippen LogP contribution < -0.4 is 5.32 Å². The van der Waals surface area contributed by atoms with E-state index < -0.39 is 0 Å². The topological polar surface area (TPSA) is 79.4 Å². The summed E-state index contributed by atoms with van der Waals surface area (Å²) in [4.78, 5) is 13.0. The number of anilines is 1. The van der Waals surface area contributed by atoms with Gasteiger partial charge in [-0.15, -0.1) is 0 Å². The lowest BCUT2D eigenvalue weighted by atomic mass is 10.2. The van der Waals surface area contributed by atoms with Crippen molar-refractivity contribution in [1.82, 2.24) is 25.1 Å². The molecule has 7 heteroatoms. The molecule has 0 saturated heterocycles. The standard InChI is InChI=1S/C10H11BrN6/c1-12-8-6(11)7(5-2-3-5)15-10(16-8)9-13-4-14-17-9/h4-5H,2-3H2,1H3,(H,12,15,16)(H,13,14,17). The SMILES string of the molecule is CNc1nc(-c2ncn[nH]2)nc(C2CC2)c1Br. The van der Waals surface area contributed by atoms with Crippen LogP contribution in [0.2, 0.25) is 0 Å². The zero-order chi connectivity index (χ0) is 11.8. The number of aromatic amines is 1. The molecule has 0 radical (unpaired) electrons. The zero-order valence-corrected chi connectivity index (χ0v) is 10.8. The first-order valence-corrected chi connectivity index (χ1v) is 6.20. The Morgan fingerprint density at radius 3 is 2.82 bits per heavy atom. The maximum absolute atomic E-state index is 4.55. The molecule has 0 atom stereocenters. The van der Waals surface area contributed by atoms with Crippen LogP contribution in [0, 0.1) is 0 Å². The van der Waals surface area contributed by atoms with E-state index >= 15 is 0 Å².